The van der Waals surface area contributed by atoms with Crippen LogP contribution in [0.15, 0.2) is 48.0 Å². The molecule has 0 saturated heterocycles. The molecule has 1 amide bonds. The number of aryl methyl sites for hydroxylation is 1. The van der Waals surface area contributed by atoms with Crippen LogP contribution in [0.25, 0.3) is 27.2 Å². The third-order valence-electron chi connectivity index (χ3n) is 4.01. The van der Waals surface area contributed by atoms with Crippen LogP contribution in [0.2, 0.25) is 0 Å². The van der Waals surface area contributed by atoms with Gasteiger partial charge >= 0.3 is 0 Å². The molecular formula is C18H14N4O2S. The highest BCUT2D eigenvalue weighted by Gasteiger charge is 2.20. The van der Waals surface area contributed by atoms with E-state index in [1.165, 1.54) is 10.7 Å². The van der Waals surface area contributed by atoms with Gasteiger partial charge in [-0.3, -0.25) is 4.79 Å². The van der Waals surface area contributed by atoms with Crippen molar-refractivity contribution in [2.45, 2.75) is 6.92 Å². The van der Waals surface area contributed by atoms with Gasteiger partial charge in [-0.05, 0) is 29.5 Å². The lowest BCUT2D eigenvalue weighted by Crippen LogP contribution is -2.13. The van der Waals surface area contributed by atoms with Crippen LogP contribution in [0, 0.1) is 6.92 Å². The van der Waals surface area contributed by atoms with E-state index in [4.69, 9.17) is 5.73 Å². The smallest absolute Gasteiger partial charge is 0.255 e. The van der Waals surface area contributed by atoms with Crippen molar-refractivity contribution >= 4 is 22.9 Å². The summed E-state index contributed by atoms with van der Waals surface area (Å²) in [5.41, 5.74) is 9.47. The number of fused-ring (bicyclic) bond motifs is 1. The quantitative estimate of drug-likeness (QED) is 0.593. The third-order valence-corrected chi connectivity index (χ3v) is 4.96. The molecule has 0 aliphatic carbocycles. The molecule has 0 fully saturated rings. The summed E-state index contributed by atoms with van der Waals surface area (Å²) in [6.45, 7) is 1.84. The molecular weight excluding hydrogens is 336 g/mol. The van der Waals surface area contributed by atoms with Gasteiger partial charge in [-0.1, -0.05) is 30.3 Å². The molecule has 1 aromatic carbocycles. The van der Waals surface area contributed by atoms with Crippen LogP contribution >= 0.6 is 11.3 Å². The van der Waals surface area contributed by atoms with Crippen molar-refractivity contribution in [3.8, 4) is 27.4 Å². The Labute approximate surface area is 147 Å². The van der Waals surface area contributed by atoms with Crippen LogP contribution in [-0.2, 0) is 0 Å². The molecule has 3 N–H and O–H groups in total. The minimum atomic E-state index is -0.746. The second-order valence-corrected chi connectivity index (χ2v) is 6.53. The van der Waals surface area contributed by atoms with E-state index in [0.717, 1.165) is 21.6 Å². The Morgan fingerprint density at radius 2 is 2.00 bits per heavy atom. The zero-order valence-corrected chi connectivity index (χ0v) is 14.1. The Balaban J connectivity index is 1.88. The van der Waals surface area contributed by atoms with Crippen LogP contribution < -0.4 is 5.73 Å². The Morgan fingerprint density at radius 3 is 2.72 bits per heavy atom. The van der Waals surface area contributed by atoms with Gasteiger partial charge in [0, 0.05) is 11.1 Å². The van der Waals surface area contributed by atoms with Gasteiger partial charge in [0.25, 0.3) is 5.91 Å². The van der Waals surface area contributed by atoms with Crippen molar-refractivity contribution in [1.82, 2.24) is 14.6 Å². The fraction of sp³-hybridized carbons (Fsp3) is 0.0556. The first-order valence-corrected chi connectivity index (χ1v) is 8.45. The second-order valence-electron chi connectivity index (χ2n) is 5.62. The number of thiophene rings is 1. The SMILES string of the molecule is Cc1nn2c(O)c(C(N)=O)cnc2c1-c1cc(-c2ccccc2)cs1. The van der Waals surface area contributed by atoms with Crippen LogP contribution in [0.3, 0.4) is 0 Å². The summed E-state index contributed by atoms with van der Waals surface area (Å²) in [4.78, 5) is 16.7. The number of aromatic hydroxyl groups is 1. The maximum absolute atomic E-state index is 11.4. The first-order chi connectivity index (χ1) is 12.1. The van der Waals surface area contributed by atoms with Crippen molar-refractivity contribution in [2.24, 2.45) is 5.73 Å². The van der Waals surface area contributed by atoms with Gasteiger partial charge in [-0.2, -0.15) is 9.61 Å². The molecule has 0 saturated carbocycles. The summed E-state index contributed by atoms with van der Waals surface area (Å²) in [7, 11) is 0. The first-order valence-electron chi connectivity index (χ1n) is 7.57. The third kappa shape index (κ3) is 2.45. The van der Waals surface area contributed by atoms with Gasteiger partial charge in [0.2, 0.25) is 5.88 Å². The van der Waals surface area contributed by atoms with Gasteiger partial charge in [0.15, 0.2) is 5.65 Å². The number of hydrogen-bond acceptors (Lipinski definition) is 5. The normalized spacial score (nSPS) is 11.1. The molecule has 3 heterocycles. The summed E-state index contributed by atoms with van der Waals surface area (Å²) >= 11 is 1.58. The number of carbonyl (C=O) groups excluding carboxylic acids is 1. The van der Waals surface area contributed by atoms with Crippen LogP contribution in [-0.4, -0.2) is 25.6 Å². The average Bonchev–Trinajstić information content (AvgIpc) is 3.20. The first kappa shape index (κ1) is 15.3. The number of hydrogen-bond donors (Lipinski definition) is 2. The van der Waals surface area contributed by atoms with E-state index in [1.807, 2.05) is 25.1 Å². The van der Waals surface area contributed by atoms with Crippen molar-refractivity contribution in [1.29, 1.82) is 0 Å². The Bertz CT molecular complexity index is 1100. The molecule has 0 unspecified atom stereocenters. The monoisotopic (exact) mass is 350 g/mol. The van der Waals surface area contributed by atoms with Crippen molar-refractivity contribution in [3.05, 3.63) is 59.2 Å². The molecule has 25 heavy (non-hydrogen) atoms. The van der Waals surface area contributed by atoms with Gasteiger partial charge in [-0.25, -0.2) is 4.98 Å². The highest BCUT2D eigenvalue weighted by atomic mass is 32.1. The molecule has 4 aromatic rings. The molecule has 0 radical (unpaired) electrons. The molecule has 6 nitrogen and oxygen atoms in total. The molecule has 0 spiro atoms. The standard InChI is InChI=1S/C18H14N4O2S/c1-10-15(14-7-12(9-25-14)11-5-3-2-4-6-11)17-20-8-13(16(19)23)18(24)22(17)21-10/h2-9,24H,1H3,(H2,19,23). The van der Waals surface area contributed by atoms with Crippen molar-refractivity contribution in [2.75, 3.05) is 0 Å². The lowest BCUT2D eigenvalue weighted by molar-refractivity contribution is 0.0996. The summed E-state index contributed by atoms with van der Waals surface area (Å²) in [6.07, 6.45) is 1.28. The highest BCUT2D eigenvalue weighted by molar-refractivity contribution is 7.14. The number of benzene rings is 1. The average molecular weight is 350 g/mol. The van der Waals surface area contributed by atoms with Gasteiger partial charge < -0.3 is 10.8 Å². The number of rotatable bonds is 3. The number of nitrogens with two attached hydrogens (primary N) is 1. The summed E-state index contributed by atoms with van der Waals surface area (Å²) in [5.74, 6) is -1.05. The van der Waals surface area contributed by atoms with Crippen LogP contribution in [0.4, 0.5) is 0 Å². The Kier molecular flexibility index (Phi) is 3.51. The summed E-state index contributed by atoms with van der Waals surface area (Å²) in [5, 5.41) is 16.6. The van der Waals surface area contributed by atoms with Gasteiger partial charge in [0.05, 0.1) is 11.3 Å². The molecule has 0 atom stereocenters. The lowest BCUT2D eigenvalue weighted by Gasteiger charge is -2.02. The predicted octanol–water partition coefficient (Wildman–Crippen LogP) is 3.24. The van der Waals surface area contributed by atoms with E-state index in [2.05, 4.69) is 33.7 Å². The highest BCUT2D eigenvalue weighted by Crippen LogP contribution is 2.37. The van der Waals surface area contributed by atoms with E-state index >= 15 is 0 Å². The van der Waals surface area contributed by atoms with E-state index in [9.17, 15) is 9.90 Å². The topological polar surface area (TPSA) is 93.5 Å². The molecule has 124 valence electrons. The summed E-state index contributed by atoms with van der Waals surface area (Å²) in [6, 6.07) is 12.2. The van der Waals surface area contributed by atoms with Crippen LogP contribution in [0.5, 0.6) is 5.88 Å². The number of primary amides is 1. The lowest BCUT2D eigenvalue weighted by atomic mass is 10.1. The van der Waals surface area contributed by atoms with Crippen molar-refractivity contribution < 1.29 is 9.90 Å². The minimum absolute atomic E-state index is 0.0577. The fourth-order valence-corrected chi connectivity index (χ4v) is 3.80. The van der Waals surface area contributed by atoms with E-state index in [0.29, 0.717) is 11.3 Å². The van der Waals surface area contributed by atoms with E-state index < -0.39 is 5.91 Å². The zero-order valence-electron chi connectivity index (χ0n) is 13.3. The van der Waals surface area contributed by atoms with Gasteiger partial charge in [-0.15, -0.1) is 11.3 Å². The molecule has 0 bridgehead atoms. The van der Waals surface area contributed by atoms with Crippen molar-refractivity contribution in [3.63, 3.8) is 0 Å². The van der Waals surface area contributed by atoms with E-state index in [1.54, 1.807) is 11.3 Å². The maximum Gasteiger partial charge on any atom is 0.255 e. The maximum atomic E-state index is 11.4. The Morgan fingerprint density at radius 1 is 1.24 bits per heavy atom. The molecule has 3 aromatic heterocycles. The molecule has 0 aliphatic rings. The number of nitrogens with zero attached hydrogens (tertiary/aromatic N) is 3. The minimum Gasteiger partial charge on any atom is -0.493 e. The molecule has 7 heteroatoms. The molecule has 0 aliphatic heterocycles. The van der Waals surface area contributed by atoms with Crippen LogP contribution in [0.1, 0.15) is 16.1 Å². The summed E-state index contributed by atoms with van der Waals surface area (Å²) < 4.78 is 1.26. The zero-order chi connectivity index (χ0) is 17.6. The van der Waals surface area contributed by atoms with E-state index in [-0.39, 0.29) is 11.4 Å². The number of aromatic nitrogens is 3. The largest absolute Gasteiger partial charge is 0.493 e. The predicted molar refractivity (Wildman–Crippen MR) is 96.7 cm³/mol. The number of amides is 1. The number of carbonyl (C=O) groups is 1. The Hall–Kier alpha value is -3.19. The fourth-order valence-electron chi connectivity index (χ4n) is 2.79. The second kappa shape index (κ2) is 5.71. The molecule has 4 rings (SSSR count). The van der Waals surface area contributed by atoms with Gasteiger partial charge in [0.1, 0.15) is 5.56 Å².